The molecule has 19 heavy (non-hydrogen) atoms. The van der Waals surface area contributed by atoms with E-state index >= 15 is 0 Å². The standard InChI is InChI=1S/C14H15BrN4/c1-9-12(15)7-8-13(18-9)19(2)11-5-3-10(4-6-11)14(16)17/h3-8H,1-2H3,(H3,16,17). The molecule has 0 aliphatic carbocycles. The minimum absolute atomic E-state index is 0.0758. The molecule has 1 aromatic heterocycles. The lowest BCUT2D eigenvalue weighted by molar-refractivity contribution is 1.08. The molecule has 0 aliphatic rings. The van der Waals surface area contributed by atoms with Crippen LogP contribution in [0.1, 0.15) is 11.3 Å². The van der Waals surface area contributed by atoms with Crippen molar-refractivity contribution in [1.29, 1.82) is 5.41 Å². The molecule has 0 atom stereocenters. The largest absolute Gasteiger partial charge is 0.384 e. The van der Waals surface area contributed by atoms with Gasteiger partial charge in [0.15, 0.2) is 0 Å². The average molecular weight is 319 g/mol. The van der Waals surface area contributed by atoms with E-state index < -0.39 is 0 Å². The minimum atomic E-state index is 0.0758. The molecule has 4 nitrogen and oxygen atoms in total. The van der Waals surface area contributed by atoms with E-state index in [1.54, 1.807) is 0 Å². The van der Waals surface area contributed by atoms with Gasteiger partial charge in [-0.05, 0) is 59.3 Å². The quantitative estimate of drug-likeness (QED) is 0.674. The van der Waals surface area contributed by atoms with Crippen molar-refractivity contribution in [2.75, 3.05) is 11.9 Å². The lowest BCUT2D eigenvalue weighted by Crippen LogP contribution is -2.13. The fourth-order valence-electron chi connectivity index (χ4n) is 1.71. The van der Waals surface area contributed by atoms with Gasteiger partial charge in [-0.25, -0.2) is 4.98 Å². The Morgan fingerprint density at radius 3 is 2.37 bits per heavy atom. The predicted molar refractivity (Wildman–Crippen MR) is 82.2 cm³/mol. The summed E-state index contributed by atoms with van der Waals surface area (Å²) in [7, 11) is 1.96. The molecule has 3 N–H and O–H groups in total. The second-order valence-corrected chi connectivity index (χ2v) is 5.11. The van der Waals surface area contributed by atoms with Gasteiger partial charge in [-0.3, -0.25) is 5.41 Å². The van der Waals surface area contributed by atoms with Crippen LogP contribution in [0, 0.1) is 12.3 Å². The smallest absolute Gasteiger partial charge is 0.133 e. The van der Waals surface area contributed by atoms with Crippen LogP contribution in [0.25, 0.3) is 0 Å². The van der Waals surface area contributed by atoms with Crippen molar-refractivity contribution >= 4 is 33.3 Å². The Kier molecular flexibility index (Phi) is 3.85. The van der Waals surface area contributed by atoms with Crippen LogP contribution in [0.4, 0.5) is 11.5 Å². The van der Waals surface area contributed by atoms with Crippen LogP contribution < -0.4 is 10.6 Å². The molecule has 0 saturated heterocycles. The number of nitrogens with zero attached hydrogens (tertiary/aromatic N) is 2. The number of nitrogens with one attached hydrogen (secondary N) is 1. The summed E-state index contributed by atoms with van der Waals surface area (Å²) in [5.41, 5.74) is 8.11. The second kappa shape index (κ2) is 5.40. The van der Waals surface area contributed by atoms with Crippen LogP contribution in [0.3, 0.4) is 0 Å². The van der Waals surface area contributed by atoms with Crippen LogP contribution in [0.2, 0.25) is 0 Å². The first-order chi connectivity index (χ1) is 8.99. The summed E-state index contributed by atoms with van der Waals surface area (Å²) in [6, 6.07) is 11.5. The van der Waals surface area contributed by atoms with Gasteiger partial charge >= 0.3 is 0 Å². The zero-order valence-electron chi connectivity index (χ0n) is 10.8. The molecule has 5 heteroatoms. The zero-order valence-corrected chi connectivity index (χ0v) is 12.4. The molecule has 98 valence electrons. The summed E-state index contributed by atoms with van der Waals surface area (Å²) in [4.78, 5) is 6.51. The lowest BCUT2D eigenvalue weighted by Gasteiger charge is -2.19. The molecule has 0 unspecified atom stereocenters. The highest BCUT2D eigenvalue weighted by Crippen LogP contribution is 2.24. The molecule has 0 bridgehead atoms. The maximum absolute atomic E-state index is 7.38. The number of rotatable bonds is 3. The maximum Gasteiger partial charge on any atom is 0.133 e. The van der Waals surface area contributed by atoms with E-state index in [-0.39, 0.29) is 5.84 Å². The maximum atomic E-state index is 7.38. The van der Waals surface area contributed by atoms with Crippen molar-refractivity contribution in [1.82, 2.24) is 4.98 Å². The Bertz CT molecular complexity index is 607. The minimum Gasteiger partial charge on any atom is -0.384 e. The summed E-state index contributed by atoms with van der Waals surface area (Å²) in [6.45, 7) is 1.96. The van der Waals surface area contributed by atoms with Gasteiger partial charge in [-0.2, -0.15) is 0 Å². The molecule has 0 fully saturated rings. The number of nitrogens with two attached hydrogens (primary N) is 1. The Morgan fingerprint density at radius 1 is 1.21 bits per heavy atom. The van der Waals surface area contributed by atoms with Gasteiger partial charge < -0.3 is 10.6 Å². The van der Waals surface area contributed by atoms with Crippen LogP contribution >= 0.6 is 15.9 Å². The number of anilines is 2. The van der Waals surface area contributed by atoms with Gasteiger partial charge in [0.1, 0.15) is 11.7 Å². The first-order valence-corrected chi connectivity index (χ1v) is 6.59. The molecule has 1 aromatic carbocycles. The van der Waals surface area contributed by atoms with Crippen LogP contribution in [-0.2, 0) is 0 Å². The number of amidine groups is 1. The molecule has 2 aromatic rings. The van der Waals surface area contributed by atoms with E-state index in [0.29, 0.717) is 0 Å². The summed E-state index contributed by atoms with van der Waals surface area (Å²) in [5.74, 6) is 0.947. The summed E-state index contributed by atoms with van der Waals surface area (Å²) >= 11 is 3.44. The Balaban J connectivity index is 2.30. The number of hydrogen-bond acceptors (Lipinski definition) is 3. The highest BCUT2D eigenvalue weighted by Gasteiger charge is 2.07. The molecule has 1 heterocycles. The van der Waals surface area contributed by atoms with Crippen molar-refractivity contribution in [2.24, 2.45) is 5.73 Å². The van der Waals surface area contributed by atoms with Crippen molar-refractivity contribution in [2.45, 2.75) is 6.92 Å². The Hall–Kier alpha value is -1.88. The lowest BCUT2D eigenvalue weighted by atomic mass is 10.2. The summed E-state index contributed by atoms with van der Waals surface area (Å²) < 4.78 is 0.997. The van der Waals surface area contributed by atoms with Crippen molar-refractivity contribution in [3.63, 3.8) is 0 Å². The van der Waals surface area contributed by atoms with Gasteiger partial charge in [0, 0.05) is 22.8 Å². The topological polar surface area (TPSA) is 66.0 Å². The van der Waals surface area contributed by atoms with E-state index in [0.717, 1.165) is 27.2 Å². The van der Waals surface area contributed by atoms with Crippen LogP contribution in [-0.4, -0.2) is 17.9 Å². The van der Waals surface area contributed by atoms with Gasteiger partial charge in [0.25, 0.3) is 0 Å². The number of aryl methyl sites for hydroxylation is 1. The zero-order chi connectivity index (χ0) is 14.0. The van der Waals surface area contributed by atoms with Crippen molar-refractivity contribution in [3.8, 4) is 0 Å². The molecular formula is C14H15BrN4. The first kappa shape index (κ1) is 13.5. The summed E-state index contributed by atoms with van der Waals surface area (Å²) in [6.07, 6.45) is 0. The average Bonchev–Trinajstić information content (AvgIpc) is 2.41. The predicted octanol–water partition coefficient (Wildman–Crippen LogP) is 3.20. The van der Waals surface area contributed by atoms with Crippen molar-refractivity contribution in [3.05, 3.63) is 52.1 Å². The molecule has 0 aliphatic heterocycles. The van der Waals surface area contributed by atoms with Gasteiger partial charge in [-0.1, -0.05) is 0 Å². The molecule has 0 radical (unpaired) electrons. The third kappa shape index (κ3) is 2.93. The molecule has 2 rings (SSSR count). The molecule has 0 saturated carbocycles. The third-order valence-corrected chi connectivity index (χ3v) is 3.75. The van der Waals surface area contributed by atoms with Crippen LogP contribution in [0.5, 0.6) is 0 Å². The SMILES string of the molecule is Cc1nc(N(C)c2ccc(C(=N)N)cc2)ccc1Br. The number of hydrogen-bond donors (Lipinski definition) is 2. The van der Waals surface area contributed by atoms with E-state index in [2.05, 4.69) is 20.9 Å². The fourth-order valence-corrected chi connectivity index (χ4v) is 1.94. The Morgan fingerprint density at radius 2 is 1.84 bits per heavy atom. The van der Waals surface area contributed by atoms with Gasteiger partial charge in [0.05, 0.1) is 5.69 Å². The second-order valence-electron chi connectivity index (χ2n) is 4.26. The fraction of sp³-hybridized carbons (Fsp3) is 0.143. The van der Waals surface area contributed by atoms with Gasteiger partial charge in [-0.15, -0.1) is 0 Å². The van der Waals surface area contributed by atoms with E-state index in [4.69, 9.17) is 11.1 Å². The van der Waals surface area contributed by atoms with Crippen molar-refractivity contribution < 1.29 is 0 Å². The number of pyridine rings is 1. The van der Waals surface area contributed by atoms with E-state index in [9.17, 15) is 0 Å². The number of benzene rings is 1. The number of nitrogen functional groups attached to an aromatic ring is 1. The highest BCUT2D eigenvalue weighted by atomic mass is 79.9. The van der Waals surface area contributed by atoms with Gasteiger partial charge in [0.2, 0.25) is 0 Å². The highest BCUT2D eigenvalue weighted by molar-refractivity contribution is 9.10. The molecule has 0 spiro atoms. The number of halogens is 1. The third-order valence-electron chi connectivity index (χ3n) is 2.92. The Labute approximate surface area is 120 Å². The molecular weight excluding hydrogens is 304 g/mol. The van der Waals surface area contributed by atoms with E-state index in [1.807, 2.05) is 55.3 Å². The van der Waals surface area contributed by atoms with E-state index in [1.165, 1.54) is 0 Å². The summed E-state index contributed by atoms with van der Waals surface area (Å²) in [5, 5.41) is 7.38. The number of aromatic nitrogens is 1. The monoisotopic (exact) mass is 318 g/mol. The molecule has 0 amide bonds. The van der Waals surface area contributed by atoms with Crippen LogP contribution in [0.15, 0.2) is 40.9 Å². The normalized spacial score (nSPS) is 10.3. The first-order valence-electron chi connectivity index (χ1n) is 5.80.